The molecule has 2 aromatic carbocycles. The van der Waals surface area contributed by atoms with Crippen molar-refractivity contribution < 1.29 is 14.7 Å². The standard InChI is InChI=1S/C25H21N5O3/c1-15(2)30-14-26-28-23(30)21-8-5-9-22(27-21)29-13-17-11-10-16(12-20(17)24(29)31)18-6-3-4-7-19(18)25(32)33/h3-12,14-15H,13H2,1-2H3,(H,32,33). The summed E-state index contributed by atoms with van der Waals surface area (Å²) in [6.07, 6.45) is 1.67. The molecule has 1 aliphatic rings. The Morgan fingerprint density at radius 2 is 1.85 bits per heavy atom. The van der Waals surface area contributed by atoms with Gasteiger partial charge in [-0.2, -0.15) is 0 Å². The van der Waals surface area contributed by atoms with Gasteiger partial charge in [0.1, 0.15) is 17.8 Å². The Kier molecular flexibility index (Phi) is 4.97. The second-order valence-corrected chi connectivity index (χ2v) is 8.15. The summed E-state index contributed by atoms with van der Waals surface area (Å²) in [5, 5.41) is 17.7. The van der Waals surface area contributed by atoms with Crippen molar-refractivity contribution in [2.45, 2.75) is 26.4 Å². The van der Waals surface area contributed by atoms with Gasteiger partial charge in [-0.05, 0) is 54.8 Å². The number of carbonyl (C=O) groups excluding carboxylic acids is 1. The molecule has 0 aliphatic carbocycles. The van der Waals surface area contributed by atoms with E-state index < -0.39 is 5.97 Å². The van der Waals surface area contributed by atoms with Crippen LogP contribution in [0.25, 0.3) is 22.6 Å². The first kappa shape index (κ1) is 20.6. The predicted molar refractivity (Wildman–Crippen MR) is 123 cm³/mol. The summed E-state index contributed by atoms with van der Waals surface area (Å²) in [6.45, 7) is 4.47. The Hall–Kier alpha value is -4.33. The number of carbonyl (C=O) groups is 2. The van der Waals surface area contributed by atoms with E-state index in [4.69, 9.17) is 4.98 Å². The molecule has 1 amide bonds. The minimum absolute atomic E-state index is 0.172. The number of benzene rings is 2. The molecule has 0 radical (unpaired) electrons. The van der Waals surface area contributed by atoms with Gasteiger partial charge in [0.05, 0.1) is 12.1 Å². The zero-order valence-electron chi connectivity index (χ0n) is 18.1. The Bertz CT molecular complexity index is 1390. The molecule has 1 N–H and O–H groups in total. The van der Waals surface area contributed by atoms with Crippen molar-refractivity contribution in [3.05, 3.63) is 83.7 Å². The number of carboxylic acid groups (broad SMARTS) is 1. The number of amides is 1. The van der Waals surface area contributed by atoms with Gasteiger partial charge in [0.2, 0.25) is 0 Å². The summed E-state index contributed by atoms with van der Waals surface area (Å²) in [5.41, 5.74) is 3.52. The largest absolute Gasteiger partial charge is 0.478 e. The molecule has 0 fully saturated rings. The van der Waals surface area contributed by atoms with Gasteiger partial charge in [0.15, 0.2) is 5.82 Å². The summed E-state index contributed by atoms with van der Waals surface area (Å²) in [5.74, 6) is -0.00740. The number of aromatic nitrogens is 4. The molecule has 4 aromatic rings. The van der Waals surface area contributed by atoms with Crippen LogP contribution in [0.4, 0.5) is 5.82 Å². The molecule has 0 atom stereocenters. The summed E-state index contributed by atoms with van der Waals surface area (Å²) in [7, 11) is 0. The molecule has 8 nitrogen and oxygen atoms in total. The number of carboxylic acids is 1. The molecule has 0 bridgehead atoms. The minimum Gasteiger partial charge on any atom is -0.478 e. The molecule has 2 aromatic heterocycles. The van der Waals surface area contributed by atoms with Crippen molar-refractivity contribution in [1.82, 2.24) is 19.7 Å². The molecule has 0 saturated carbocycles. The van der Waals surface area contributed by atoms with Crippen LogP contribution in [0, 0.1) is 0 Å². The van der Waals surface area contributed by atoms with Gasteiger partial charge in [0.25, 0.3) is 5.91 Å². The number of hydrogen-bond donors (Lipinski definition) is 1. The number of nitrogens with zero attached hydrogens (tertiary/aromatic N) is 5. The van der Waals surface area contributed by atoms with Gasteiger partial charge in [-0.1, -0.05) is 36.4 Å². The van der Waals surface area contributed by atoms with E-state index in [-0.39, 0.29) is 17.5 Å². The number of aromatic carboxylic acids is 1. The highest BCUT2D eigenvalue weighted by atomic mass is 16.4. The fourth-order valence-corrected chi connectivity index (χ4v) is 4.08. The van der Waals surface area contributed by atoms with Crippen LogP contribution >= 0.6 is 0 Å². The molecule has 0 unspecified atom stereocenters. The summed E-state index contributed by atoms with van der Waals surface area (Å²) in [4.78, 5) is 31.3. The minimum atomic E-state index is -1.01. The van der Waals surface area contributed by atoms with Crippen LogP contribution in [0.5, 0.6) is 0 Å². The van der Waals surface area contributed by atoms with E-state index in [1.54, 1.807) is 47.6 Å². The maximum Gasteiger partial charge on any atom is 0.336 e. The van der Waals surface area contributed by atoms with E-state index in [0.29, 0.717) is 40.6 Å². The van der Waals surface area contributed by atoms with Crippen molar-refractivity contribution >= 4 is 17.7 Å². The smallest absolute Gasteiger partial charge is 0.336 e. The molecule has 33 heavy (non-hydrogen) atoms. The lowest BCUT2D eigenvalue weighted by Gasteiger charge is -2.16. The second kappa shape index (κ2) is 7.98. The van der Waals surface area contributed by atoms with E-state index in [1.807, 2.05) is 42.7 Å². The quantitative estimate of drug-likeness (QED) is 0.493. The molecule has 1 aliphatic heterocycles. The third-order valence-electron chi connectivity index (χ3n) is 5.75. The third kappa shape index (κ3) is 3.55. The van der Waals surface area contributed by atoms with Crippen LogP contribution in [0.3, 0.4) is 0 Å². The van der Waals surface area contributed by atoms with E-state index in [2.05, 4.69) is 10.2 Å². The van der Waals surface area contributed by atoms with Crippen molar-refractivity contribution in [2.24, 2.45) is 0 Å². The Balaban J connectivity index is 1.50. The van der Waals surface area contributed by atoms with Crippen molar-refractivity contribution in [3.8, 4) is 22.6 Å². The fraction of sp³-hybridized carbons (Fsp3) is 0.160. The maximum absolute atomic E-state index is 13.3. The van der Waals surface area contributed by atoms with Gasteiger partial charge in [-0.25, -0.2) is 9.78 Å². The Morgan fingerprint density at radius 3 is 2.64 bits per heavy atom. The zero-order valence-corrected chi connectivity index (χ0v) is 18.1. The van der Waals surface area contributed by atoms with Crippen LogP contribution in [-0.4, -0.2) is 36.7 Å². The van der Waals surface area contributed by atoms with Crippen LogP contribution in [0.15, 0.2) is 67.0 Å². The first-order valence-electron chi connectivity index (χ1n) is 10.6. The molecule has 164 valence electrons. The van der Waals surface area contributed by atoms with Crippen LogP contribution < -0.4 is 4.90 Å². The number of fused-ring (bicyclic) bond motifs is 1. The number of pyridine rings is 1. The second-order valence-electron chi connectivity index (χ2n) is 8.15. The topological polar surface area (TPSA) is 101 Å². The molecular weight excluding hydrogens is 418 g/mol. The van der Waals surface area contributed by atoms with E-state index in [9.17, 15) is 14.7 Å². The molecule has 8 heteroatoms. The molecule has 3 heterocycles. The summed E-state index contributed by atoms with van der Waals surface area (Å²) >= 11 is 0. The Morgan fingerprint density at radius 1 is 1.03 bits per heavy atom. The first-order valence-corrected chi connectivity index (χ1v) is 10.6. The van der Waals surface area contributed by atoms with Gasteiger partial charge in [0, 0.05) is 11.6 Å². The lowest BCUT2D eigenvalue weighted by molar-refractivity contribution is 0.0697. The highest BCUT2D eigenvalue weighted by molar-refractivity contribution is 6.10. The van der Waals surface area contributed by atoms with E-state index in [0.717, 1.165) is 5.56 Å². The van der Waals surface area contributed by atoms with Crippen LogP contribution in [0.2, 0.25) is 0 Å². The SMILES string of the molecule is CC(C)n1cnnc1-c1cccc(N2Cc3ccc(-c4ccccc4C(=O)O)cc3C2=O)n1. The monoisotopic (exact) mass is 439 g/mol. The number of rotatable bonds is 5. The van der Waals surface area contributed by atoms with Crippen molar-refractivity contribution in [2.75, 3.05) is 4.90 Å². The molecule has 0 spiro atoms. The average Bonchev–Trinajstić information content (AvgIpc) is 3.44. The molecule has 5 rings (SSSR count). The predicted octanol–water partition coefficient (Wildman–Crippen LogP) is 4.45. The summed E-state index contributed by atoms with van der Waals surface area (Å²) < 4.78 is 1.93. The van der Waals surface area contributed by atoms with Gasteiger partial charge < -0.3 is 9.67 Å². The number of anilines is 1. The third-order valence-corrected chi connectivity index (χ3v) is 5.75. The first-order chi connectivity index (χ1) is 15.9. The van der Waals surface area contributed by atoms with E-state index >= 15 is 0 Å². The lowest BCUT2D eigenvalue weighted by atomic mass is 9.96. The van der Waals surface area contributed by atoms with E-state index in [1.165, 1.54) is 0 Å². The molecular formula is C25H21N5O3. The van der Waals surface area contributed by atoms with Gasteiger partial charge in [-0.15, -0.1) is 10.2 Å². The lowest BCUT2D eigenvalue weighted by Crippen LogP contribution is -2.24. The van der Waals surface area contributed by atoms with Gasteiger partial charge >= 0.3 is 5.97 Å². The molecule has 0 saturated heterocycles. The van der Waals surface area contributed by atoms with Crippen molar-refractivity contribution in [3.63, 3.8) is 0 Å². The average molecular weight is 439 g/mol. The van der Waals surface area contributed by atoms with Crippen molar-refractivity contribution in [1.29, 1.82) is 0 Å². The fourth-order valence-electron chi connectivity index (χ4n) is 4.08. The number of hydrogen-bond acceptors (Lipinski definition) is 5. The Labute approximate surface area is 190 Å². The summed E-state index contributed by atoms with van der Waals surface area (Å²) in [6, 6.07) is 17.9. The maximum atomic E-state index is 13.3. The highest BCUT2D eigenvalue weighted by Crippen LogP contribution is 2.33. The van der Waals surface area contributed by atoms with Crippen LogP contribution in [0.1, 0.15) is 46.2 Å². The normalized spacial score (nSPS) is 12.9. The van der Waals surface area contributed by atoms with Gasteiger partial charge in [-0.3, -0.25) is 9.69 Å². The highest BCUT2D eigenvalue weighted by Gasteiger charge is 2.30. The zero-order chi connectivity index (χ0) is 23.1. The van der Waals surface area contributed by atoms with Crippen LogP contribution in [-0.2, 0) is 6.54 Å².